The molecule has 7 nitrogen and oxygen atoms in total. The molecule has 0 aliphatic heterocycles. The van der Waals surface area contributed by atoms with E-state index in [1.54, 1.807) is 12.1 Å². The average molecular weight is 362 g/mol. The molecule has 0 fully saturated rings. The molecule has 0 aromatic heterocycles. The Labute approximate surface area is 133 Å². The predicted octanol–water partition coefficient (Wildman–Crippen LogP) is 1.45. The summed E-state index contributed by atoms with van der Waals surface area (Å²) in [7, 11) is -6.04. The maximum absolute atomic E-state index is 12.2. The Kier molecular flexibility index (Phi) is 4.49. The SMILES string of the molecule is NC(=O)c1ccc2ccccc2c1C(=O)NOS(=O)(=O)C(F)(F)F. The van der Waals surface area contributed by atoms with Gasteiger partial charge in [-0.1, -0.05) is 30.3 Å². The molecule has 0 aliphatic rings. The van der Waals surface area contributed by atoms with Gasteiger partial charge in [-0.05, 0) is 16.8 Å². The number of alkyl halides is 3. The molecule has 0 spiro atoms. The molecule has 3 N–H and O–H groups in total. The van der Waals surface area contributed by atoms with Crippen LogP contribution < -0.4 is 11.2 Å². The molecule has 0 saturated carbocycles. The Hall–Kier alpha value is -2.66. The van der Waals surface area contributed by atoms with Crippen LogP contribution >= 0.6 is 0 Å². The van der Waals surface area contributed by atoms with E-state index in [0.717, 1.165) is 0 Å². The molecular formula is C13H9F3N2O5S. The summed E-state index contributed by atoms with van der Waals surface area (Å²) >= 11 is 0. The highest BCUT2D eigenvalue weighted by molar-refractivity contribution is 7.87. The van der Waals surface area contributed by atoms with Crippen molar-refractivity contribution in [2.45, 2.75) is 5.51 Å². The molecular weight excluding hydrogens is 353 g/mol. The number of rotatable bonds is 4. The second kappa shape index (κ2) is 6.09. The average Bonchev–Trinajstić information content (AvgIpc) is 2.50. The van der Waals surface area contributed by atoms with E-state index >= 15 is 0 Å². The lowest BCUT2D eigenvalue weighted by atomic mass is 9.98. The summed E-state index contributed by atoms with van der Waals surface area (Å²) in [5.74, 6) is -2.39. The van der Waals surface area contributed by atoms with Gasteiger partial charge in [-0.25, -0.2) is 5.48 Å². The topological polar surface area (TPSA) is 116 Å². The first-order valence-electron chi connectivity index (χ1n) is 6.16. The monoisotopic (exact) mass is 362 g/mol. The number of nitrogens with one attached hydrogen (secondary N) is 1. The molecule has 0 saturated heterocycles. The van der Waals surface area contributed by atoms with Gasteiger partial charge in [0.1, 0.15) is 0 Å². The van der Waals surface area contributed by atoms with Crippen molar-refractivity contribution in [2.75, 3.05) is 0 Å². The second-order valence-electron chi connectivity index (χ2n) is 4.49. The number of benzene rings is 2. The number of carbonyl (C=O) groups is 2. The zero-order chi connectivity index (χ0) is 18.1. The van der Waals surface area contributed by atoms with Crippen molar-refractivity contribution in [3.63, 3.8) is 0 Å². The minimum absolute atomic E-state index is 0.180. The summed E-state index contributed by atoms with van der Waals surface area (Å²) in [4.78, 5) is 23.5. The highest BCUT2D eigenvalue weighted by Crippen LogP contribution is 2.25. The molecule has 11 heteroatoms. The maximum Gasteiger partial charge on any atom is 0.525 e. The lowest BCUT2D eigenvalue weighted by molar-refractivity contribution is -0.0571. The van der Waals surface area contributed by atoms with E-state index in [0.29, 0.717) is 5.39 Å². The van der Waals surface area contributed by atoms with Crippen LogP contribution in [0.3, 0.4) is 0 Å². The number of carbonyl (C=O) groups excluding carboxylic acids is 2. The molecule has 2 aromatic carbocycles. The molecule has 24 heavy (non-hydrogen) atoms. The first kappa shape index (κ1) is 17.7. The lowest BCUT2D eigenvalue weighted by Crippen LogP contribution is -2.35. The highest BCUT2D eigenvalue weighted by Gasteiger charge is 2.48. The van der Waals surface area contributed by atoms with E-state index in [9.17, 15) is 31.2 Å². The molecule has 2 amide bonds. The van der Waals surface area contributed by atoms with Crippen LogP contribution in [0.25, 0.3) is 10.8 Å². The van der Waals surface area contributed by atoms with Gasteiger partial charge in [0.2, 0.25) is 5.91 Å². The van der Waals surface area contributed by atoms with Crippen LogP contribution in [0.15, 0.2) is 36.4 Å². The molecule has 0 unspecified atom stereocenters. The van der Waals surface area contributed by atoms with Gasteiger partial charge in [0.05, 0.1) is 11.1 Å². The van der Waals surface area contributed by atoms with Crippen molar-refractivity contribution in [3.8, 4) is 0 Å². The fourth-order valence-corrected chi connectivity index (χ4v) is 2.19. The van der Waals surface area contributed by atoms with E-state index in [1.165, 1.54) is 29.7 Å². The predicted molar refractivity (Wildman–Crippen MR) is 76.0 cm³/mol. The molecule has 2 rings (SSSR count). The van der Waals surface area contributed by atoms with E-state index < -0.39 is 33.0 Å². The number of amides is 2. The normalized spacial score (nSPS) is 12.1. The molecule has 0 radical (unpaired) electrons. The Morgan fingerprint density at radius 3 is 2.29 bits per heavy atom. The fraction of sp³-hybridized carbons (Fsp3) is 0.0769. The van der Waals surface area contributed by atoms with E-state index in [4.69, 9.17) is 5.73 Å². The maximum atomic E-state index is 12.2. The van der Waals surface area contributed by atoms with Gasteiger partial charge in [0.15, 0.2) is 0 Å². The van der Waals surface area contributed by atoms with Crippen molar-refractivity contribution >= 4 is 32.7 Å². The first-order valence-corrected chi connectivity index (χ1v) is 7.57. The van der Waals surface area contributed by atoms with Crippen LogP contribution in [0, 0.1) is 0 Å². The quantitative estimate of drug-likeness (QED) is 0.631. The molecule has 0 bridgehead atoms. The summed E-state index contributed by atoms with van der Waals surface area (Å²) in [5.41, 5.74) is -0.113. The molecule has 128 valence electrons. The van der Waals surface area contributed by atoms with Crippen LogP contribution in [-0.4, -0.2) is 25.7 Å². The van der Waals surface area contributed by atoms with Gasteiger partial charge in [-0.3, -0.25) is 9.59 Å². The minimum atomic E-state index is -6.04. The van der Waals surface area contributed by atoms with Gasteiger partial charge in [0.25, 0.3) is 5.91 Å². The number of hydrogen-bond acceptors (Lipinski definition) is 5. The molecule has 0 heterocycles. The van der Waals surface area contributed by atoms with Crippen molar-refractivity contribution in [1.82, 2.24) is 5.48 Å². The zero-order valence-electron chi connectivity index (χ0n) is 11.6. The number of hydroxylamine groups is 1. The van der Waals surface area contributed by atoms with Gasteiger partial charge in [0, 0.05) is 0 Å². The standard InChI is InChI=1S/C13H9F3N2O5S/c14-13(15,16)24(21,22)23-18-12(20)10-8-4-2-1-3-7(8)5-6-9(10)11(17)19/h1-6H,(H2,17,19)(H,18,20). The van der Waals surface area contributed by atoms with Gasteiger partial charge in [-0.15, -0.1) is 4.28 Å². The van der Waals surface area contributed by atoms with Gasteiger partial charge >= 0.3 is 15.6 Å². The van der Waals surface area contributed by atoms with Gasteiger partial charge in [-0.2, -0.15) is 21.6 Å². The molecule has 2 aromatic rings. The molecule has 0 atom stereocenters. The van der Waals surface area contributed by atoms with E-state index in [-0.39, 0.29) is 10.9 Å². The zero-order valence-corrected chi connectivity index (χ0v) is 12.4. The second-order valence-corrected chi connectivity index (χ2v) is 6.03. The first-order chi connectivity index (χ1) is 11.0. The van der Waals surface area contributed by atoms with Crippen molar-refractivity contribution in [3.05, 3.63) is 47.5 Å². The van der Waals surface area contributed by atoms with Crippen LogP contribution in [0.2, 0.25) is 0 Å². The van der Waals surface area contributed by atoms with E-state index in [1.807, 2.05) is 0 Å². The van der Waals surface area contributed by atoms with Crippen molar-refractivity contribution in [1.29, 1.82) is 0 Å². The third-order valence-corrected chi connectivity index (χ3v) is 3.82. The van der Waals surface area contributed by atoms with Crippen LogP contribution in [0.4, 0.5) is 13.2 Å². The van der Waals surface area contributed by atoms with E-state index in [2.05, 4.69) is 4.28 Å². The Morgan fingerprint density at radius 2 is 1.71 bits per heavy atom. The number of primary amides is 1. The Morgan fingerprint density at radius 1 is 1.08 bits per heavy atom. The highest BCUT2D eigenvalue weighted by atomic mass is 32.2. The Bertz CT molecular complexity index is 925. The summed E-state index contributed by atoms with van der Waals surface area (Å²) < 4.78 is 61.7. The number of nitrogens with two attached hydrogens (primary N) is 1. The minimum Gasteiger partial charge on any atom is -0.366 e. The van der Waals surface area contributed by atoms with Crippen molar-refractivity contribution in [2.24, 2.45) is 5.73 Å². The largest absolute Gasteiger partial charge is 0.525 e. The van der Waals surface area contributed by atoms with Gasteiger partial charge < -0.3 is 5.73 Å². The third kappa shape index (κ3) is 3.31. The number of fused-ring (bicyclic) bond motifs is 1. The summed E-state index contributed by atoms with van der Waals surface area (Å²) in [6.07, 6.45) is 0. The smallest absolute Gasteiger partial charge is 0.366 e. The van der Waals surface area contributed by atoms with Crippen LogP contribution in [0.1, 0.15) is 20.7 Å². The molecule has 0 aliphatic carbocycles. The number of hydrogen-bond donors (Lipinski definition) is 2. The fourth-order valence-electron chi connectivity index (χ4n) is 1.91. The van der Waals surface area contributed by atoms with Crippen LogP contribution in [-0.2, 0) is 14.4 Å². The summed E-state index contributed by atoms with van der Waals surface area (Å²) in [6, 6.07) is 8.78. The number of halogens is 3. The lowest BCUT2D eigenvalue weighted by Gasteiger charge is -2.12. The van der Waals surface area contributed by atoms with Crippen molar-refractivity contribution < 1.29 is 35.5 Å². The summed E-state index contributed by atoms with van der Waals surface area (Å²) in [6.45, 7) is 0. The third-order valence-electron chi connectivity index (χ3n) is 2.95. The van der Waals surface area contributed by atoms with Crippen LogP contribution in [0.5, 0.6) is 0 Å². The Balaban J connectivity index is 2.46. The summed E-state index contributed by atoms with van der Waals surface area (Å²) in [5, 5.41) is 0.658.